The third-order valence-electron chi connectivity index (χ3n) is 6.05. The lowest BCUT2D eigenvalue weighted by Crippen LogP contribution is -2.37. The van der Waals surface area contributed by atoms with E-state index in [0.717, 1.165) is 35.8 Å². The van der Waals surface area contributed by atoms with Gasteiger partial charge in [0, 0.05) is 10.2 Å². The Morgan fingerprint density at radius 3 is 2.23 bits per heavy atom. The van der Waals surface area contributed by atoms with Gasteiger partial charge in [0.25, 0.3) is 0 Å². The van der Waals surface area contributed by atoms with Crippen LogP contribution in [0.15, 0.2) is 28.7 Å². The first-order chi connectivity index (χ1) is 10.5. The van der Waals surface area contributed by atoms with E-state index in [9.17, 15) is 14.7 Å². The van der Waals surface area contributed by atoms with Crippen molar-refractivity contribution >= 4 is 33.5 Å². The second-order valence-electron chi connectivity index (χ2n) is 6.91. The van der Waals surface area contributed by atoms with Gasteiger partial charge in [0.2, 0.25) is 5.91 Å². The molecule has 1 spiro atoms. The van der Waals surface area contributed by atoms with Gasteiger partial charge in [-0.2, -0.15) is 0 Å². The summed E-state index contributed by atoms with van der Waals surface area (Å²) in [5, 5.41) is 12.6. The number of nitrogens with one attached hydrogen (secondary N) is 1. The molecular weight excluding hydrogens is 346 g/mol. The van der Waals surface area contributed by atoms with Crippen molar-refractivity contribution in [2.75, 3.05) is 5.32 Å². The van der Waals surface area contributed by atoms with Crippen molar-refractivity contribution in [1.29, 1.82) is 0 Å². The molecule has 0 radical (unpaired) electrons. The second-order valence-corrected chi connectivity index (χ2v) is 7.83. The molecule has 2 N–H and O–H groups in total. The highest BCUT2D eigenvalue weighted by atomic mass is 79.9. The molecule has 0 saturated heterocycles. The van der Waals surface area contributed by atoms with E-state index >= 15 is 0 Å². The third-order valence-corrected chi connectivity index (χ3v) is 6.58. The van der Waals surface area contributed by atoms with Crippen LogP contribution in [0, 0.1) is 29.1 Å². The van der Waals surface area contributed by atoms with Gasteiger partial charge < -0.3 is 10.4 Å². The number of carbonyl (C=O) groups excluding carboxylic acids is 1. The Kier molecular flexibility index (Phi) is 3.12. The van der Waals surface area contributed by atoms with Gasteiger partial charge in [0.15, 0.2) is 0 Å². The van der Waals surface area contributed by atoms with Crippen LogP contribution >= 0.6 is 15.9 Å². The molecule has 1 aromatic carbocycles. The van der Waals surface area contributed by atoms with Crippen LogP contribution in [0.4, 0.5) is 5.69 Å². The van der Waals surface area contributed by atoms with Crippen LogP contribution in [-0.2, 0) is 9.59 Å². The third kappa shape index (κ3) is 1.94. The van der Waals surface area contributed by atoms with E-state index in [-0.39, 0.29) is 29.1 Å². The number of halogens is 1. The summed E-state index contributed by atoms with van der Waals surface area (Å²) >= 11 is 3.37. The summed E-state index contributed by atoms with van der Waals surface area (Å²) in [4.78, 5) is 24.5. The number of hydrogen-bond acceptors (Lipinski definition) is 2. The van der Waals surface area contributed by atoms with Crippen LogP contribution in [0.1, 0.15) is 25.7 Å². The summed E-state index contributed by atoms with van der Waals surface area (Å²) < 4.78 is 0.950. The zero-order valence-corrected chi connectivity index (χ0v) is 13.7. The molecule has 22 heavy (non-hydrogen) atoms. The van der Waals surface area contributed by atoms with Crippen molar-refractivity contribution < 1.29 is 14.7 Å². The van der Waals surface area contributed by atoms with E-state index in [1.54, 1.807) is 0 Å². The van der Waals surface area contributed by atoms with E-state index in [1.165, 1.54) is 0 Å². The summed E-state index contributed by atoms with van der Waals surface area (Å²) in [6.07, 6.45) is 4.19. The molecule has 0 aromatic heterocycles. The number of anilines is 1. The summed E-state index contributed by atoms with van der Waals surface area (Å²) in [5.41, 5.74) is 0.898. The average Bonchev–Trinajstić information content (AvgIpc) is 3.15. The molecule has 2 unspecified atom stereocenters. The largest absolute Gasteiger partial charge is 0.481 e. The Hall–Kier alpha value is -1.36. The lowest BCUT2D eigenvalue weighted by molar-refractivity contribution is -0.148. The van der Waals surface area contributed by atoms with E-state index in [0.29, 0.717) is 0 Å². The van der Waals surface area contributed by atoms with Crippen molar-refractivity contribution in [3.8, 4) is 0 Å². The van der Waals surface area contributed by atoms with Gasteiger partial charge in [-0.25, -0.2) is 0 Å². The quantitative estimate of drug-likeness (QED) is 0.863. The second kappa shape index (κ2) is 4.82. The molecule has 4 atom stereocenters. The first-order valence-corrected chi connectivity index (χ1v) is 8.61. The fourth-order valence-corrected chi connectivity index (χ4v) is 5.36. The summed E-state index contributed by atoms with van der Waals surface area (Å²) in [5.74, 6) is -1.33. The Morgan fingerprint density at radius 1 is 1.09 bits per heavy atom. The van der Waals surface area contributed by atoms with Crippen molar-refractivity contribution in [3.05, 3.63) is 28.7 Å². The number of benzene rings is 1. The molecule has 4 nitrogen and oxygen atoms in total. The molecule has 116 valence electrons. The minimum absolute atomic E-state index is 0.117. The number of carboxylic acid groups (broad SMARTS) is 1. The molecule has 4 rings (SSSR count). The lowest BCUT2D eigenvalue weighted by Gasteiger charge is -2.26. The van der Waals surface area contributed by atoms with Gasteiger partial charge in [-0.15, -0.1) is 0 Å². The first kappa shape index (κ1) is 14.2. The molecular formula is C17H18BrNO3. The molecule has 3 fully saturated rings. The monoisotopic (exact) mass is 363 g/mol. The smallest absolute Gasteiger partial charge is 0.307 e. The normalized spacial score (nSPS) is 33.9. The predicted octanol–water partition coefficient (Wildman–Crippen LogP) is 3.52. The Morgan fingerprint density at radius 2 is 1.68 bits per heavy atom. The van der Waals surface area contributed by atoms with Gasteiger partial charge in [-0.1, -0.05) is 15.9 Å². The molecule has 3 saturated carbocycles. The van der Waals surface area contributed by atoms with Crippen LogP contribution in [0.2, 0.25) is 0 Å². The lowest BCUT2D eigenvalue weighted by atomic mass is 9.78. The molecule has 1 amide bonds. The highest BCUT2D eigenvalue weighted by Gasteiger charge is 2.71. The maximum absolute atomic E-state index is 12.7. The predicted molar refractivity (Wildman–Crippen MR) is 85.3 cm³/mol. The van der Waals surface area contributed by atoms with Crippen molar-refractivity contribution in [1.82, 2.24) is 0 Å². The Bertz CT molecular complexity index is 638. The van der Waals surface area contributed by atoms with E-state index in [2.05, 4.69) is 21.2 Å². The minimum atomic E-state index is -0.797. The van der Waals surface area contributed by atoms with Crippen LogP contribution in [0.5, 0.6) is 0 Å². The topological polar surface area (TPSA) is 66.4 Å². The van der Waals surface area contributed by atoms with Gasteiger partial charge >= 0.3 is 5.97 Å². The van der Waals surface area contributed by atoms with Crippen LogP contribution < -0.4 is 5.32 Å². The van der Waals surface area contributed by atoms with Crippen molar-refractivity contribution in [2.45, 2.75) is 25.7 Å². The number of carboxylic acids is 1. The number of aliphatic carboxylic acids is 1. The summed E-state index contributed by atoms with van der Waals surface area (Å²) in [7, 11) is 0. The zero-order valence-electron chi connectivity index (χ0n) is 12.1. The summed E-state index contributed by atoms with van der Waals surface area (Å²) in [6, 6.07) is 7.40. The van der Waals surface area contributed by atoms with E-state index in [1.807, 2.05) is 24.3 Å². The maximum Gasteiger partial charge on any atom is 0.307 e. The Balaban J connectivity index is 1.59. The summed E-state index contributed by atoms with van der Waals surface area (Å²) in [6.45, 7) is 0. The molecule has 1 aromatic rings. The van der Waals surface area contributed by atoms with Gasteiger partial charge in [0.05, 0.1) is 11.8 Å². The SMILES string of the molecule is O=C(O)[C@@H]1C2CCC([C@@H]1C(=O)Nc1ccc(Br)cc1)C21CC1. The highest BCUT2D eigenvalue weighted by molar-refractivity contribution is 9.10. The molecule has 5 heteroatoms. The van der Waals surface area contributed by atoms with Crippen molar-refractivity contribution in [3.63, 3.8) is 0 Å². The van der Waals surface area contributed by atoms with Crippen molar-refractivity contribution in [2.24, 2.45) is 29.1 Å². The number of hydrogen-bond donors (Lipinski definition) is 2. The van der Waals surface area contributed by atoms with Gasteiger partial charge in [0.1, 0.15) is 0 Å². The standard InChI is InChI=1S/C17H18BrNO3/c18-9-1-3-10(4-2-9)19-15(20)13-11-5-6-12(14(13)16(21)22)17(11)7-8-17/h1-4,11-14H,5-8H2,(H,19,20)(H,21,22)/t11?,12?,13-,14+/m0/s1. The molecule has 0 heterocycles. The van der Waals surface area contributed by atoms with Gasteiger partial charge in [-0.3, -0.25) is 9.59 Å². The molecule has 3 aliphatic rings. The fraction of sp³-hybridized carbons (Fsp3) is 0.529. The number of amides is 1. The van der Waals surface area contributed by atoms with E-state index < -0.39 is 11.9 Å². The van der Waals surface area contributed by atoms with Gasteiger partial charge in [-0.05, 0) is 67.2 Å². The number of rotatable bonds is 3. The zero-order chi connectivity index (χ0) is 15.5. The number of carbonyl (C=O) groups is 2. The van der Waals surface area contributed by atoms with Crippen LogP contribution in [0.25, 0.3) is 0 Å². The fourth-order valence-electron chi connectivity index (χ4n) is 5.10. The average molecular weight is 364 g/mol. The minimum Gasteiger partial charge on any atom is -0.481 e. The van der Waals surface area contributed by atoms with Crippen LogP contribution in [0.3, 0.4) is 0 Å². The first-order valence-electron chi connectivity index (χ1n) is 7.82. The van der Waals surface area contributed by atoms with Crippen LogP contribution in [-0.4, -0.2) is 17.0 Å². The highest BCUT2D eigenvalue weighted by Crippen LogP contribution is 2.74. The van der Waals surface area contributed by atoms with E-state index in [4.69, 9.17) is 0 Å². The Labute approximate surface area is 137 Å². The molecule has 2 bridgehead atoms. The molecule has 0 aliphatic heterocycles. The molecule has 3 aliphatic carbocycles. The maximum atomic E-state index is 12.7.